The van der Waals surface area contributed by atoms with Crippen LogP contribution in [0.1, 0.15) is 25.5 Å². The molecule has 1 aromatic carbocycles. The first-order valence-corrected chi connectivity index (χ1v) is 7.00. The summed E-state index contributed by atoms with van der Waals surface area (Å²) in [7, 11) is -3.53. The molecule has 0 saturated carbocycles. The second kappa shape index (κ2) is 4.73. The molecule has 1 rings (SSSR count). The van der Waals surface area contributed by atoms with Crippen molar-refractivity contribution in [3.63, 3.8) is 0 Å². The molecule has 0 unspecified atom stereocenters. The maximum Gasteiger partial charge on any atom is 0.172 e. The van der Waals surface area contributed by atoms with Crippen LogP contribution in [-0.4, -0.2) is 23.5 Å². The van der Waals surface area contributed by atoms with Crippen molar-refractivity contribution in [3.05, 3.63) is 35.9 Å². The van der Waals surface area contributed by atoms with Gasteiger partial charge in [0.05, 0.1) is 0 Å². The second-order valence-electron chi connectivity index (χ2n) is 3.70. The molecule has 0 fully saturated rings. The van der Waals surface area contributed by atoms with Gasteiger partial charge in [0.1, 0.15) is 6.10 Å². The van der Waals surface area contributed by atoms with Crippen molar-refractivity contribution in [1.82, 2.24) is 0 Å². The van der Waals surface area contributed by atoms with Crippen molar-refractivity contribution >= 4 is 21.4 Å². The largest absolute Gasteiger partial charge is 0.385 e. The summed E-state index contributed by atoms with van der Waals surface area (Å²) in [6.45, 7) is 2.83. The summed E-state index contributed by atoms with van der Waals surface area (Å²) in [4.78, 5) is 0. The van der Waals surface area contributed by atoms with Gasteiger partial charge in [-0.15, -0.1) is 0 Å². The van der Waals surface area contributed by atoms with E-state index in [0.717, 1.165) is 0 Å². The van der Waals surface area contributed by atoms with Crippen LogP contribution in [0.5, 0.6) is 0 Å². The lowest BCUT2D eigenvalue weighted by Gasteiger charge is -2.27. The van der Waals surface area contributed by atoms with E-state index in [1.54, 1.807) is 30.3 Å². The zero-order valence-corrected chi connectivity index (χ0v) is 10.8. The molecule has 0 heterocycles. The monoisotopic (exact) mass is 262 g/mol. The lowest BCUT2D eigenvalue weighted by Crippen LogP contribution is -2.37. The molecule has 5 heteroatoms. The fraction of sp³-hybridized carbons (Fsp3) is 0.455. The summed E-state index contributed by atoms with van der Waals surface area (Å²) in [5.74, 6) is -0.100. The van der Waals surface area contributed by atoms with Gasteiger partial charge in [-0.25, -0.2) is 8.42 Å². The zero-order chi connectivity index (χ0) is 12.4. The van der Waals surface area contributed by atoms with Crippen LogP contribution in [0.25, 0.3) is 0 Å². The summed E-state index contributed by atoms with van der Waals surface area (Å²) in [6, 6.07) is 8.54. The van der Waals surface area contributed by atoms with Gasteiger partial charge >= 0.3 is 0 Å². The minimum atomic E-state index is -3.53. The van der Waals surface area contributed by atoms with Crippen molar-refractivity contribution in [1.29, 1.82) is 0 Å². The first-order chi connectivity index (χ1) is 7.33. The van der Waals surface area contributed by atoms with E-state index in [4.69, 9.17) is 11.6 Å². The number of halogens is 1. The van der Waals surface area contributed by atoms with E-state index in [0.29, 0.717) is 5.56 Å². The minimum absolute atomic E-state index is 0.100. The number of aliphatic hydroxyl groups is 1. The smallest absolute Gasteiger partial charge is 0.172 e. The van der Waals surface area contributed by atoms with Crippen LogP contribution in [0.3, 0.4) is 0 Å². The molecule has 0 amide bonds. The van der Waals surface area contributed by atoms with Crippen LogP contribution in [0.15, 0.2) is 30.3 Å². The third kappa shape index (κ3) is 2.39. The van der Waals surface area contributed by atoms with Gasteiger partial charge in [-0.1, -0.05) is 48.9 Å². The maximum atomic E-state index is 11.7. The van der Waals surface area contributed by atoms with Crippen molar-refractivity contribution in [3.8, 4) is 0 Å². The Hall–Kier alpha value is -0.580. The van der Waals surface area contributed by atoms with Gasteiger partial charge in [0.2, 0.25) is 0 Å². The molecule has 1 N–H and O–H groups in total. The Balaban J connectivity index is 3.11. The number of hydrogen-bond donors (Lipinski definition) is 1. The van der Waals surface area contributed by atoms with Crippen molar-refractivity contribution in [2.24, 2.45) is 0 Å². The molecule has 0 aliphatic heterocycles. The first-order valence-electron chi connectivity index (χ1n) is 4.97. The number of sulfone groups is 1. The van der Waals surface area contributed by atoms with E-state index in [9.17, 15) is 13.5 Å². The van der Waals surface area contributed by atoms with E-state index in [1.807, 2.05) is 0 Å². The Morgan fingerprint density at radius 1 is 1.38 bits per heavy atom. The summed E-state index contributed by atoms with van der Waals surface area (Å²) in [6.07, 6.45) is -1.24. The van der Waals surface area contributed by atoms with E-state index in [-0.39, 0.29) is 5.75 Å². The Labute approximate surface area is 101 Å². The van der Waals surface area contributed by atoms with Gasteiger partial charge in [0.25, 0.3) is 0 Å². The van der Waals surface area contributed by atoms with Gasteiger partial charge < -0.3 is 5.11 Å². The predicted octanol–water partition coefficient (Wildman–Crippen LogP) is 2.11. The summed E-state index contributed by atoms with van der Waals surface area (Å²) >= 11 is 5.98. The lowest BCUT2D eigenvalue weighted by atomic mass is 10.1. The molecular formula is C11H15ClO3S. The molecule has 0 spiro atoms. The quantitative estimate of drug-likeness (QED) is 0.846. The molecule has 0 radical (unpaired) electrons. The third-order valence-corrected chi connectivity index (χ3v) is 5.70. The fourth-order valence-corrected chi connectivity index (χ4v) is 2.88. The van der Waals surface area contributed by atoms with Gasteiger partial charge in [0, 0.05) is 5.75 Å². The highest BCUT2D eigenvalue weighted by Gasteiger charge is 2.43. The van der Waals surface area contributed by atoms with Crippen LogP contribution >= 0.6 is 11.6 Å². The van der Waals surface area contributed by atoms with Gasteiger partial charge in [-0.05, 0) is 12.5 Å². The topological polar surface area (TPSA) is 54.4 Å². The highest BCUT2D eigenvalue weighted by molar-refractivity contribution is 7.94. The van der Waals surface area contributed by atoms with Crippen LogP contribution < -0.4 is 0 Å². The van der Waals surface area contributed by atoms with Crippen LogP contribution in [0.4, 0.5) is 0 Å². The number of hydrogen-bond acceptors (Lipinski definition) is 3. The molecule has 0 aliphatic rings. The molecule has 1 aromatic rings. The zero-order valence-electron chi connectivity index (χ0n) is 9.22. The normalized spacial score (nSPS) is 17.8. The number of rotatable bonds is 4. The number of alkyl halides is 1. The lowest BCUT2D eigenvalue weighted by molar-refractivity contribution is 0.162. The van der Waals surface area contributed by atoms with Crippen molar-refractivity contribution in [2.75, 3.05) is 5.75 Å². The van der Waals surface area contributed by atoms with E-state index < -0.39 is 20.1 Å². The maximum absolute atomic E-state index is 11.7. The van der Waals surface area contributed by atoms with Gasteiger partial charge in [-0.2, -0.15) is 0 Å². The third-order valence-electron chi connectivity index (χ3n) is 2.59. The summed E-state index contributed by atoms with van der Waals surface area (Å²) in [5.41, 5.74) is 0.497. The molecule has 3 nitrogen and oxygen atoms in total. The molecular weight excluding hydrogens is 248 g/mol. The second-order valence-corrected chi connectivity index (χ2v) is 7.37. The van der Waals surface area contributed by atoms with Crippen molar-refractivity contribution in [2.45, 2.75) is 24.2 Å². The molecule has 0 saturated heterocycles. The molecule has 16 heavy (non-hydrogen) atoms. The Morgan fingerprint density at radius 2 is 1.88 bits per heavy atom. The van der Waals surface area contributed by atoms with Crippen LogP contribution in [0.2, 0.25) is 0 Å². The minimum Gasteiger partial charge on any atom is -0.385 e. The van der Waals surface area contributed by atoms with E-state index in [2.05, 4.69) is 0 Å². The molecule has 0 aromatic heterocycles. The highest BCUT2D eigenvalue weighted by atomic mass is 35.5. The Morgan fingerprint density at radius 3 is 2.31 bits per heavy atom. The molecule has 0 bridgehead atoms. The van der Waals surface area contributed by atoms with E-state index in [1.165, 1.54) is 13.8 Å². The predicted molar refractivity (Wildman–Crippen MR) is 65.1 cm³/mol. The summed E-state index contributed by atoms with van der Waals surface area (Å²) in [5, 5.41) is 10.0. The Bertz CT molecular complexity index is 440. The average Bonchev–Trinajstić information content (AvgIpc) is 2.29. The number of benzene rings is 1. The van der Waals surface area contributed by atoms with E-state index >= 15 is 0 Å². The molecule has 90 valence electrons. The highest BCUT2D eigenvalue weighted by Crippen LogP contribution is 2.36. The van der Waals surface area contributed by atoms with Gasteiger partial charge in [-0.3, -0.25) is 0 Å². The first kappa shape index (κ1) is 13.5. The SMILES string of the molecule is CCS(=O)(=O)[C@](C)(Cl)[C@H](O)c1ccccc1. The Kier molecular flexibility index (Phi) is 3.99. The molecule has 0 aliphatic carbocycles. The van der Waals surface area contributed by atoms with Crippen LogP contribution in [0, 0.1) is 0 Å². The fourth-order valence-electron chi connectivity index (χ4n) is 1.39. The number of aliphatic hydroxyl groups excluding tert-OH is 1. The van der Waals surface area contributed by atoms with Crippen molar-refractivity contribution < 1.29 is 13.5 Å². The summed E-state index contributed by atoms with van der Waals surface area (Å²) < 4.78 is 21.8. The van der Waals surface area contributed by atoms with Gasteiger partial charge in [0.15, 0.2) is 14.0 Å². The average molecular weight is 263 g/mol. The molecule has 2 atom stereocenters. The standard InChI is InChI=1S/C11H15ClO3S/c1-3-16(14,15)11(2,12)10(13)9-7-5-4-6-8-9/h4-8,10,13H,3H2,1-2H3/t10-,11+/m1/s1. The van der Waals surface area contributed by atoms with Crippen LogP contribution in [-0.2, 0) is 9.84 Å².